The van der Waals surface area contributed by atoms with Crippen LogP contribution < -0.4 is 0 Å². The van der Waals surface area contributed by atoms with Gasteiger partial charge in [0.05, 0.1) is 0 Å². The van der Waals surface area contributed by atoms with Gasteiger partial charge in [0, 0.05) is 0 Å². The zero-order valence-electron chi connectivity index (χ0n) is 8.06. The van der Waals surface area contributed by atoms with Crippen molar-refractivity contribution < 1.29 is 0 Å². The predicted octanol–water partition coefficient (Wildman–Crippen LogP) is 3.63. The Bertz CT molecular complexity index is 144. The van der Waals surface area contributed by atoms with E-state index < -0.39 is 0 Å². The summed E-state index contributed by atoms with van der Waals surface area (Å²) in [6, 6.07) is 0. The molecule has 11 heavy (non-hydrogen) atoms. The highest BCUT2D eigenvalue weighted by atomic mass is 14.4. The van der Waals surface area contributed by atoms with Crippen molar-refractivity contribution in [2.75, 3.05) is 0 Å². The molecule has 0 aromatic rings. The Morgan fingerprint density at radius 2 is 2.00 bits per heavy atom. The van der Waals surface area contributed by atoms with Gasteiger partial charge in [-0.3, -0.25) is 0 Å². The lowest BCUT2D eigenvalue weighted by atomic mass is 9.66. The first-order chi connectivity index (χ1) is 5.06. The Balaban J connectivity index is 2.63. The van der Waals surface area contributed by atoms with E-state index in [2.05, 4.69) is 33.4 Å². The molecule has 0 nitrogen and oxygen atoms in total. The van der Waals surface area contributed by atoms with Crippen LogP contribution in [0.2, 0.25) is 0 Å². The van der Waals surface area contributed by atoms with Crippen molar-refractivity contribution in [3.8, 4) is 0 Å². The second-order valence-electron chi connectivity index (χ2n) is 4.72. The van der Waals surface area contributed by atoms with Crippen molar-refractivity contribution in [3.05, 3.63) is 12.7 Å². The van der Waals surface area contributed by atoms with Gasteiger partial charge >= 0.3 is 0 Å². The van der Waals surface area contributed by atoms with E-state index in [1.165, 1.54) is 19.3 Å². The highest BCUT2D eigenvalue weighted by Gasteiger charge is 2.32. The normalized spacial score (nSPS) is 36.6. The lowest BCUT2D eigenvalue weighted by molar-refractivity contribution is 0.135. The molecule has 1 rings (SSSR count). The summed E-state index contributed by atoms with van der Waals surface area (Å²) in [7, 11) is 0. The first kappa shape index (κ1) is 8.83. The molecule has 0 aromatic carbocycles. The minimum Gasteiger partial charge on any atom is -0.103 e. The molecule has 0 N–H and O–H groups in total. The highest BCUT2D eigenvalue weighted by Crippen LogP contribution is 2.43. The molecule has 1 saturated carbocycles. The van der Waals surface area contributed by atoms with E-state index in [0.717, 1.165) is 11.8 Å². The maximum absolute atomic E-state index is 3.91. The molecule has 0 heterocycles. The van der Waals surface area contributed by atoms with E-state index in [-0.39, 0.29) is 0 Å². The summed E-state index contributed by atoms with van der Waals surface area (Å²) in [6.07, 6.45) is 6.24. The van der Waals surface area contributed by atoms with Crippen LogP contribution in [0.5, 0.6) is 0 Å². The van der Waals surface area contributed by atoms with E-state index in [4.69, 9.17) is 0 Å². The lowest BCUT2D eigenvalue weighted by Crippen LogP contribution is -2.29. The van der Waals surface area contributed by atoms with E-state index >= 15 is 0 Å². The van der Waals surface area contributed by atoms with Gasteiger partial charge in [0.25, 0.3) is 0 Å². The molecule has 1 aliphatic carbocycles. The Hall–Kier alpha value is -0.260. The standard InChI is InChI=1S/C11H20/c1-5-10-7-6-9(2)8-11(10,3)4/h5,9-10H,1,6-8H2,2-4H3. The third-order valence-corrected chi connectivity index (χ3v) is 3.13. The number of allylic oxidation sites excluding steroid dienone is 1. The van der Waals surface area contributed by atoms with Gasteiger partial charge in [-0.2, -0.15) is 0 Å². The summed E-state index contributed by atoms with van der Waals surface area (Å²) in [4.78, 5) is 0. The summed E-state index contributed by atoms with van der Waals surface area (Å²) < 4.78 is 0. The number of hydrogen-bond donors (Lipinski definition) is 0. The SMILES string of the molecule is C=CC1CCC(C)CC1(C)C. The molecule has 1 aliphatic rings. The first-order valence-electron chi connectivity index (χ1n) is 4.69. The van der Waals surface area contributed by atoms with Gasteiger partial charge in [-0.1, -0.05) is 33.3 Å². The topological polar surface area (TPSA) is 0 Å². The lowest BCUT2D eigenvalue weighted by Gasteiger charge is -2.40. The van der Waals surface area contributed by atoms with Crippen LogP contribution in [-0.4, -0.2) is 0 Å². The summed E-state index contributed by atoms with van der Waals surface area (Å²) in [5, 5.41) is 0. The van der Waals surface area contributed by atoms with Crippen molar-refractivity contribution in [2.45, 2.75) is 40.0 Å². The van der Waals surface area contributed by atoms with Gasteiger partial charge in [-0.25, -0.2) is 0 Å². The Morgan fingerprint density at radius 3 is 2.45 bits per heavy atom. The van der Waals surface area contributed by atoms with Crippen LogP contribution in [0.1, 0.15) is 40.0 Å². The molecular weight excluding hydrogens is 132 g/mol. The zero-order chi connectivity index (χ0) is 8.48. The van der Waals surface area contributed by atoms with Crippen molar-refractivity contribution in [2.24, 2.45) is 17.3 Å². The minimum atomic E-state index is 0.499. The quantitative estimate of drug-likeness (QED) is 0.503. The summed E-state index contributed by atoms with van der Waals surface area (Å²) in [5.74, 6) is 1.67. The van der Waals surface area contributed by atoms with Crippen LogP contribution in [0.15, 0.2) is 12.7 Å². The highest BCUT2D eigenvalue weighted by molar-refractivity contribution is 4.94. The molecule has 0 aromatic heterocycles. The molecule has 0 spiro atoms. The molecule has 0 radical (unpaired) electrons. The zero-order valence-corrected chi connectivity index (χ0v) is 8.06. The van der Waals surface area contributed by atoms with Gasteiger partial charge < -0.3 is 0 Å². The van der Waals surface area contributed by atoms with Crippen LogP contribution in [0.3, 0.4) is 0 Å². The van der Waals surface area contributed by atoms with Crippen molar-refractivity contribution in [1.29, 1.82) is 0 Å². The minimum absolute atomic E-state index is 0.499. The fourth-order valence-corrected chi connectivity index (χ4v) is 2.44. The fraction of sp³-hybridized carbons (Fsp3) is 0.818. The van der Waals surface area contributed by atoms with E-state index in [1.807, 2.05) is 0 Å². The average molecular weight is 152 g/mol. The molecule has 0 bridgehead atoms. The third kappa shape index (κ3) is 1.85. The molecule has 64 valence electrons. The monoisotopic (exact) mass is 152 g/mol. The van der Waals surface area contributed by atoms with Gasteiger partial charge in [-0.05, 0) is 30.1 Å². The molecule has 2 atom stereocenters. The second-order valence-corrected chi connectivity index (χ2v) is 4.72. The predicted molar refractivity (Wildman–Crippen MR) is 50.5 cm³/mol. The van der Waals surface area contributed by atoms with E-state index in [1.54, 1.807) is 0 Å². The summed E-state index contributed by atoms with van der Waals surface area (Å²) in [5.41, 5.74) is 0.499. The molecule has 0 aliphatic heterocycles. The van der Waals surface area contributed by atoms with Gasteiger partial charge in [0.15, 0.2) is 0 Å². The Kier molecular flexibility index (Phi) is 2.41. The first-order valence-corrected chi connectivity index (χ1v) is 4.69. The van der Waals surface area contributed by atoms with Gasteiger partial charge in [0.1, 0.15) is 0 Å². The van der Waals surface area contributed by atoms with Crippen LogP contribution in [-0.2, 0) is 0 Å². The van der Waals surface area contributed by atoms with Crippen LogP contribution >= 0.6 is 0 Å². The van der Waals surface area contributed by atoms with Crippen molar-refractivity contribution in [1.82, 2.24) is 0 Å². The maximum Gasteiger partial charge on any atom is -0.0185 e. The molecule has 2 unspecified atom stereocenters. The molecule has 0 heteroatoms. The van der Waals surface area contributed by atoms with Gasteiger partial charge in [0.2, 0.25) is 0 Å². The molecule has 0 amide bonds. The molecule has 1 fully saturated rings. The van der Waals surface area contributed by atoms with Crippen molar-refractivity contribution >= 4 is 0 Å². The van der Waals surface area contributed by atoms with Crippen molar-refractivity contribution in [3.63, 3.8) is 0 Å². The fourth-order valence-electron chi connectivity index (χ4n) is 2.44. The number of hydrogen-bond acceptors (Lipinski definition) is 0. The second kappa shape index (κ2) is 3.00. The van der Waals surface area contributed by atoms with Crippen LogP contribution in [0, 0.1) is 17.3 Å². The largest absolute Gasteiger partial charge is 0.103 e. The van der Waals surface area contributed by atoms with Crippen LogP contribution in [0.25, 0.3) is 0 Å². The average Bonchev–Trinajstić information content (AvgIpc) is 1.85. The molecule has 0 saturated heterocycles. The third-order valence-electron chi connectivity index (χ3n) is 3.13. The Labute approximate surface area is 70.7 Å². The summed E-state index contributed by atoms with van der Waals surface area (Å²) in [6.45, 7) is 11.0. The molecular formula is C11H20. The summed E-state index contributed by atoms with van der Waals surface area (Å²) >= 11 is 0. The van der Waals surface area contributed by atoms with E-state index in [0.29, 0.717) is 5.41 Å². The number of rotatable bonds is 1. The van der Waals surface area contributed by atoms with Gasteiger partial charge in [-0.15, -0.1) is 6.58 Å². The maximum atomic E-state index is 3.91. The van der Waals surface area contributed by atoms with E-state index in [9.17, 15) is 0 Å². The smallest absolute Gasteiger partial charge is 0.0185 e. The van der Waals surface area contributed by atoms with Crippen LogP contribution in [0.4, 0.5) is 0 Å². The Morgan fingerprint density at radius 1 is 1.36 bits per heavy atom.